The minimum absolute atomic E-state index is 0.0344. The van der Waals surface area contributed by atoms with Crippen molar-refractivity contribution in [3.8, 4) is 11.4 Å². The highest BCUT2D eigenvalue weighted by Crippen LogP contribution is 2.30. The lowest BCUT2D eigenvalue weighted by Gasteiger charge is -2.10. The summed E-state index contributed by atoms with van der Waals surface area (Å²) in [4.78, 5) is -0.395. The monoisotopic (exact) mass is 370 g/mol. The molecular formula is C14H9F3N4O3S. The highest BCUT2D eigenvalue weighted by atomic mass is 32.2. The van der Waals surface area contributed by atoms with Gasteiger partial charge >= 0.3 is 16.3 Å². The molecule has 0 fully saturated rings. The summed E-state index contributed by atoms with van der Waals surface area (Å²) in [5, 5.41) is 10.6. The summed E-state index contributed by atoms with van der Waals surface area (Å²) < 4.78 is 68.3. The van der Waals surface area contributed by atoms with Crippen molar-refractivity contribution in [2.24, 2.45) is 0 Å². The third kappa shape index (κ3) is 3.76. The Balaban J connectivity index is 1.86. The van der Waals surface area contributed by atoms with Crippen molar-refractivity contribution in [2.75, 3.05) is 0 Å². The fourth-order valence-corrected chi connectivity index (χ4v) is 2.87. The van der Waals surface area contributed by atoms with Crippen LogP contribution in [0.2, 0.25) is 0 Å². The highest BCUT2D eigenvalue weighted by Gasteiger charge is 2.30. The molecule has 0 spiro atoms. The molecule has 130 valence electrons. The van der Waals surface area contributed by atoms with E-state index in [2.05, 4.69) is 15.5 Å². The van der Waals surface area contributed by atoms with E-state index in [-0.39, 0.29) is 5.75 Å². The van der Waals surface area contributed by atoms with E-state index in [0.29, 0.717) is 17.8 Å². The first-order valence-corrected chi connectivity index (χ1v) is 8.12. The summed E-state index contributed by atoms with van der Waals surface area (Å²) in [6.45, 7) is 0. The summed E-state index contributed by atoms with van der Waals surface area (Å²) in [6.07, 6.45) is -3.24. The predicted molar refractivity (Wildman–Crippen MR) is 78.4 cm³/mol. The van der Waals surface area contributed by atoms with Gasteiger partial charge in [-0.2, -0.15) is 21.6 Å². The van der Waals surface area contributed by atoms with Crippen LogP contribution in [-0.2, 0) is 16.3 Å². The van der Waals surface area contributed by atoms with Crippen molar-refractivity contribution in [3.05, 3.63) is 60.4 Å². The minimum atomic E-state index is -4.55. The van der Waals surface area contributed by atoms with E-state index in [1.165, 1.54) is 29.2 Å². The van der Waals surface area contributed by atoms with E-state index in [4.69, 9.17) is 4.18 Å². The maximum absolute atomic E-state index is 12.5. The van der Waals surface area contributed by atoms with Crippen molar-refractivity contribution in [1.82, 2.24) is 20.2 Å². The normalized spacial score (nSPS) is 12.1. The number of alkyl halides is 3. The lowest BCUT2D eigenvalue weighted by molar-refractivity contribution is -0.137. The van der Waals surface area contributed by atoms with E-state index in [1.807, 2.05) is 0 Å². The summed E-state index contributed by atoms with van der Waals surface area (Å²) in [6, 6.07) is 8.92. The van der Waals surface area contributed by atoms with Crippen molar-refractivity contribution in [3.63, 3.8) is 0 Å². The summed E-state index contributed by atoms with van der Waals surface area (Å²) >= 11 is 0. The maximum atomic E-state index is 12.5. The van der Waals surface area contributed by atoms with Crippen LogP contribution in [0.1, 0.15) is 5.56 Å². The number of halogens is 3. The summed E-state index contributed by atoms with van der Waals surface area (Å²) in [5.41, 5.74) is -0.503. The molecule has 0 bridgehead atoms. The SMILES string of the molecule is O=S(=O)(Oc1cccc(-n2cnnn2)c1)c1ccc(C(F)(F)F)cc1. The number of hydrogen-bond donors (Lipinski definition) is 0. The van der Waals surface area contributed by atoms with Crippen LogP contribution in [0, 0.1) is 0 Å². The second-order valence-electron chi connectivity index (χ2n) is 4.81. The predicted octanol–water partition coefficient (Wildman–Crippen LogP) is 2.45. The summed E-state index contributed by atoms with van der Waals surface area (Å²) in [7, 11) is -4.29. The molecule has 0 unspecified atom stereocenters. The van der Waals surface area contributed by atoms with Crippen molar-refractivity contribution >= 4 is 10.1 Å². The molecule has 0 amide bonds. The average Bonchev–Trinajstić information content (AvgIpc) is 3.08. The van der Waals surface area contributed by atoms with Crippen LogP contribution in [0.3, 0.4) is 0 Å². The van der Waals surface area contributed by atoms with Gasteiger partial charge in [-0.05, 0) is 46.8 Å². The first-order chi connectivity index (χ1) is 11.8. The van der Waals surface area contributed by atoms with Gasteiger partial charge in [-0.3, -0.25) is 0 Å². The molecule has 0 atom stereocenters. The second kappa shape index (κ2) is 6.16. The molecule has 25 heavy (non-hydrogen) atoms. The molecule has 1 heterocycles. The van der Waals surface area contributed by atoms with Gasteiger partial charge in [0, 0.05) is 6.07 Å². The zero-order valence-electron chi connectivity index (χ0n) is 12.3. The molecule has 2 aromatic carbocycles. The van der Waals surface area contributed by atoms with E-state index < -0.39 is 26.8 Å². The molecular weight excluding hydrogens is 361 g/mol. The molecule has 0 aliphatic heterocycles. The van der Waals surface area contributed by atoms with Gasteiger partial charge in [0.2, 0.25) is 0 Å². The van der Waals surface area contributed by atoms with E-state index in [0.717, 1.165) is 12.1 Å². The highest BCUT2D eigenvalue weighted by molar-refractivity contribution is 7.87. The van der Waals surface area contributed by atoms with Crippen molar-refractivity contribution in [2.45, 2.75) is 11.1 Å². The minimum Gasteiger partial charge on any atom is -0.379 e. The Morgan fingerprint density at radius 3 is 2.36 bits per heavy atom. The average molecular weight is 370 g/mol. The molecule has 11 heteroatoms. The fourth-order valence-electron chi connectivity index (χ4n) is 1.94. The number of aromatic nitrogens is 4. The molecule has 0 radical (unpaired) electrons. The van der Waals surface area contributed by atoms with Crippen LogP contribution < -0.4 is 4.18 Å². The second-order valence-corrected chi connectivity index (χ2v) is 6.36. The Labute approximate surface area is 139 Å². The first-order valence-electron chi connectivity index (χ1n) is 6.71. The topological polar surface area (TPSA) is 87.0 Å². The molecule has 0 N–H and O–H groups in total. The van der Waals surface area contributed by atoms with E-state index >= 15 is 0 Å². The zero-order chi connectivity index (χ0) is 18.1. The number of benzene rings is 2. The van der Waals surface area contributed by atoms with E-state index in [1.54, 1.807) is 6.07 Å². The number of nitrogens with zero attached hydrogens (tertiary/aromatic N) is 4. The Bertz CT molecular complexity index is 971. The molecule has 7 nitrogen and oxygen atoms in total. The molecule has 1 aromatic heterocycles. The molecule has 0 saturated carbocycles. The molecule has 3 rings (SSSR count). The van der Waals surface area contributed by atoms with Crippen LogP contribution in [-0.4, -0.2) is 28.6 Å². The Morgan fingerprint density at radius 2 is 1.76 bits per heavy atom. The smallest absolute Gasteiger partial charge is 0.379 e. The summed E-state index contributed by atoms with van der Waals surface area (Å²) in [5.74, 6) is -0.0344. The van der Waals surface area contributed by atoms with Crippen molar-refractivity contribution < 1.29 is 25.8 Å². The standard InChI is InChI=1S/C14H9F3N4O3S/c15-14(16,17)10-4-6-13(7-5-10)25(22,23)24-12-3-1-2-11(8-12)21-9-18-19-20-21/h1-9H. The largest absolute Gasteiger partial charge is 0.416 e. The first kappa shape index (κ1) is 16.9. The fraction of sp³-hybridized carbons (Fsp3) is 0.0714. The van der Waals surface area contributed by atoms with Gasteiger partial charge in [0.15, 0.2) is 0 Å². The molecule has 0 saturated heterocycles. The van der Waals surface area contributed by atoms with Gasteiger partial charge in [0.1, 0.15) is 17.0 Å². The van der Waals surface area contributed by atoms with E-state index in [9.17, 15) is 21.6 Å². The quantitative estimate of drug-likeness (QED) is 0.656. The molecule has 0 aliphatic carbocycles. The third-order valence-corrected chi connectivity index (χ3v) is 4.37. The Morgan fingerprint density at radius 1 is 1.04 bits per heavy atom. The lowest BCUT2D eigenvalue weighted by Crippen LogP contribution is -2.11. The number of hydrogen-bond acceptors (Lipinski definition) is 6. The molecule has 0 aliphatic rings. The van der Waals surface area contributed by atoms with Crippen LogP contribution in [0.4, 0.5) is 13.2 Å². The Hall–Kier alpha value is -2.95. The van der Waals surface area contributed by atoms with Gasteiger partial charge < -0.3 is 4.18 Å². The van der Waals surface area contributed by atoms with Gasteiger partial charge in [0.05, 0.1) is 11.3 Å². The van der Waals surface area contributed by atoms with Gasteiger partial charge in [-0.25, -0.2) is 4.68 Å². The lowest BCUT2D eigenvalue weighted by atomic mass is 10.2. The van der Waals surface area contributed by atoms with Gasteiger partial charge in [-0.1, -0.05) is 6.07 Å². The van der Waals surface area contributed by atoms with Crippen LogP contribution in [0.5, 0.6) is 5.75 Å². The number of rotatable bonds is 4. The Kier molecular flexibility index (Phi) is 4.17. The van der Waals surface area contributed by atoms with Gasteiger partial charge in [-0.15, -0.1) is 5.10 Å². The molecule has 3 aromatic rings. The van der Waals surface area contributed by atoms with Gasteiger partial charge in [0.25, 0.3) is 0 Å². The van der Waals surface area contributed by atoms with Crippen molar-refractivity contribution in [1.29, 1.82) is 0 Å². The third-order valence-electron chi connectivity index (χ3n) is 3.11. The van der Waals surface area contributed by atoms with Crippen LogP contribution in [0.15, 0.2) is 59.8 Å². The zero-order valence-corrected chi connectivity index (χ0v) is 13.1. The van der Waals surface area contributed by atoms with Crippen LogP contribution in [0.25, 0.3) is 5.69 Å². The van der Waals surface area contributed by atoms with Crippen LogP contribution >= 0.6 is 0 Å². The number of tetrazole rings is 1. The maximum Gasteiger partial charge on any atom is 0.416 e.